The van der Waals surface area contributed by atoms with Crippen LogP contribution in [0.1, 0.15) is 0 Å². The fraction of sp³-hybridized carbons (Fsp3) is 0.0952. The lowest BCUT2D eigenvalue weighted by atomic mass is 10.0. The van der Waals surface area contributed by atoms with Gasteiger partial charge in [0.15, 0.2) is 0 Å². The van der Waals surface area contributed by atoms with Gasteiger partial charge in [0, 0.05) is 58.8 Å². The Labute approximate surface area is 170 Å². The third-order valence-corrected chi connectivity index (χ3v) is 6.97. The van der Waals surface area contributed by atoms with Gasteiger partial charge in [-0.05, 0) is 53.6 Å². The zero-order valence-electron chi connectivity index (χ0n) is 15.3. The minimum absolute atomic E-state index is 0.0971. The first kappa shape index (κ1) is 18.3. The topological polar surface area (TPSA) is 59.3 Å². The standard InChI is InChI=1S/C21H17N3O2S2/c1-23(2)20-8-7-18(27-20)19-13-17(14-9-11-22-12-10-14)21(28-19)15-3-5-16(6-4-15)24(25)26/h3-13H,1-2H3. The van der Waals surface area contributed by atoms with Gasteiger partial charge in [-0.15, -0.1) is 22.7 Å². The summed E-state index contributed by atoms with van der Waals surface area (Å²) in [6.07, 6.45) is 3.56. The third-order valence-electron chi connectivity index (χ3n) is 4.34. The number of rotatable bonds is 5. The Hall–Kier alpha value is -3.03. The first-order valence-corrected chi connectivity index (χ1v) is 10.2. The summed E-state index contributed by atoms with van der Waals surface area (Å²) < 4.78 is 0. The summed E-state index contributed by atoms with van der Waals surface area (Å²) >= 11 is 3.45. The van der Waals surface area contributed by atoms with E-state index in [2.05, 4.69) is 28.1 Å². The Balaban J connectivity index is 1.83. The van der Waals surface area contributed by atoms with E-state index < -0.39 is 0 Å². The predicted molar refractivity (Wildman–Crippen MR) is 117 cm³/mol. The molecule has 0 unspecified atom stereocenters. The highest BCUT2D eigenvalue weighted by Gasteiger charge is 2.16. The number of pyridine rings is 1. The van der Waals surface area contributed by atoms with Crippen molar-refractivity contribution in [3.63, 3.8) is 0 Å². The molecule has 3 aromatic heterocycles. The molecule has 0 saturated carbocycles. The lowest BCUT2D eigenvalue weighted by Gasteiger charge is -2.06. The number of benzene rings is 1. The van der Waals surface area contributed by atoms with Crippen molar-refractivity contribution in [2.75, 3.05) is 19.0 Å². The summed E-state index contributed by atoms with van der Waals surface area (Å²) in [4.78, 5) is 20.3. The van der Waals surface area contributed by atoms with Crippen molar-refractivity contribution in [1.29, 1.82) is 0 Å². The van der Waals surface area contributed by atoms with Gasteiger partial charge >= 0.3 is 0 Å². The quantitative estimate of drug-likeness (QED) is 0.293. The number of hydrogen-bond donors (Lipinski definition) is 0. The van der Waals surface area contributed by atoms with Crippen molar-refractivity contribution in [2.24, 2.45) is 0 Å². The highest BCUT2D eigenvalue weighted by Crippen LogP contribution is 2.45. The van der Waals surface area contributed by atoms with Crippen LogP contribution in [0.25, 0.3) is 31.3 Å². The van der Waals surface area contributed by atoms with Crippen molar-refractivity contribution < 1.29 is 4.92 Å². The van der Waals surface area contributed by atoms with E-state index in [4.69, 9.17) is 0 Å². The van der Waals surface area contributed by atoms with Gasteiger partial charge in [-0.2, -0.15) is 0 Å². The molecule has 28 heavy (non-hydrogen) atoms. The summed E-state index contributed by atoms with van der Waals surface area (Å²) in [6.45, 7) is 0. The second-order valence-corrected chi connectivity index (χ2v) is 8.54. The molecular weight excluding hydrogens is 390 g/mol. The molecule has 0 fully saturated rings. The van der Waals surface area contributed by atoms with Crippen LogP contribution in [-0.2, 0) is 0 Å². The number of aromatic nitrogens is 1. The second kappa shape index (κ2) is 7.53. The summed E-state index contributed by atoms with van der Waals surface area (Å²) in [6, 6.07) is 17.2. The van der Waals surface area contributed by atoms with Gasteiger partial charge in [0.25, 0.3) is 5.69 Å². The lowest BCUT2D eigenvalue weighted by molar-refractivity contribution is -0.384. The van der Waals surface area contributed by atoms with Crippen molar-refractivity contribution in [3.05, 3.63) is 77.1 Å². The molecule has 4 rings (SSSR count). The van der Waals surface area contributed by atoms with Crippen LogP contribution < -0.4 is 4.90 Å². The normalized spacial score (nSPS) is 10.8. The molecule has 0 aliphatic heterocycles. The molecule has 0 atom stereocenters. The Kier molecular flexibility index (Phi) is 4.93. The minimum atomic E-state index is -0.373. The number of non-ortho nitro benzene ring substituents is 1. The van der Waals surface area contributed by atoms with Gasteiger partial charge in [0.2, 0.25) is 0 Å². The maximum atomic E-state index is 11.0. The largest absolute Gasteiger partial charge is 0.370 e. The molecule has 0 amide bonds. The Morgan fingerprint density at radius 2 is 1.61 bits per heavy atom. The molecule has 4 aromatic rings. The Morgan fingerprint density at radius 1 is 0.893 bits per heavy atom. The van der Waals surface area contributed by atoms with Crippen LogP contribution >= 0.6 is 22.7 Å². The number of nitro groups is 1. The highest BCUT2D eigenvalue weighted by molar-refractivity contribution is 7.25. The maximum Gasteiger partial charge on any atom is 0.269 e. The molecule has 0 radical (unpaired) electrons. The van der Waals surface area contributed by atoms with Crippen molar-refractivity contribution >= 4 is 33.4 Å². The van der Waals surface area contributed by atoms with Crippen molar-refractivity contribution in [3.8, 4) is 31.3 Å². The maximum absolute atomic E-state index is 11.0. The zero-order chi connectivity index (χ0) is 19.7. The number of nitrogens with zero attached hydrogens (tertiary/aromatic N) is 3. The van der Waals surface area contributed by atoms with E-state index in [1.807, 2.05) is 38.4 Å². The van der Waals surface area contributed by atoms with Crippen LogP contribution in [0.15, 0.2) is 67.0 Å². The SMILES string of the molecule is CN(C)c1ccc(-c2cc(-c3ccncc3)c(-c3ccc([N+](=O)[O-])cc3)s2)s1. The second-order valence-electron chi connectivity index (χ2n) is 6.43. The average Bonchev–Trinajstić information content (AvgIpc) is 3.36. The number of nitro benzene ring substituents is 1. The molecule has 3 heterocycles. The number of anilines is 1. The molecule has 140 valence electrons. The smallest absolute Gasteiger partial charge is 0.269 e. The van der Waals surface area contributed by atoms with Gasteiger partial charge in [-0.3, -0.25) is 15.1 Å². The van der Waals surface area contributed by atoms with E-state index in [0.717, 1.165) is 21.6 Å². The van der Waals surface area contributed by atoms with Crippen LogP contribution in [0, 0.1) is 10.1 Å². The van der Waals surface area contributed by atoms with Crippen LogP contribution in [-0.4, -0.2) is 24.0 Å². The molecule has 0 N–H and O–H groups in total. The van der Waals surface area contributed by atoms with E-state index in [0.29, 0.717) is 0 Å². The zero-order valence-corrected chi connectivity index (χ0v) is 17.0. The van der Waals surface area contributed by atoms with Gasteiger partial charge < -0.3 is 4.90 Å². The molecule has 0 aliphatic rings. The number of thiophene rings is 2. The monoisotopic (exact) mass is 407 g/mol. The van der Waals surface area contributed by atoms with Crippen LogP contribution in [0.3, 0.4) is 0 Å². The Morgan fingerprint density at radius 3 is 2.21 bits per heavy atom. The molecule has 5 nitrogen and oxygen atoms in total. The minimum Gasteiger partial charge on any atom is -0.370 e. The van der Waals surface area contributed by atoms with E-state index in [1.54, 1.807) is 47.2 Å². The highest BCUT2D eigenvalue weighted by atomic mass is 32.1. The van der Waals surface area contributed by atoms with E-state index in [1.165, 1.54) is 14.8 Å². The van der Waals surface area contributed by atoms with Crippen LogP contribution in [0.5, 0.6) is 0 Å². The summed E-state index contributed by atoms with van der Waals surface area (Å²) in [5, 5.41) is 12.2. The average molecular weight is 408 g/mol. The molecule has 0 aliphatic carbocycles. The summed E-state index contributed by atoms with van der Waals surface area (Å²) in [7, 11) is 4.07. The van der Waals surface area contributed by atoms with E-state index in [-0.39, 0.29) is 10.6 Å². The molecule has 0 bridgehead atoms. The van der Waals surface area contributed by atoms with Gasteiger partial charge in [-0.1, -0.05) is 0 Å². The van der Waals surface area contributed by atoms with Gasteiger partial charge in [0.05, 0.1) is 9.92 Å². The van der Waals surface area contributed by atoms with Crippen molar-refractivity contribution in [2.45, 2.75) is 0 Å². The van der Waals surface area contributed by atoms with E-state index >= 15 is 0 Å². The molecular formula is C21H17N3O2S2. The van der Waals surface area contributed by atoms with Crippen LogP contribution in [0.2, 0.25) is 0 Å². The third kappa shape index (κ3) is 3.54. The number of hydrogen-bond acceptors (Lipinski definition) is 6. The first-order chi connectivity index (χ1) is 13.5. The fourth-order valence-corrected chi connectivity index (χ4v) is 5.10. The first-order valence-electron chi connectivity index (χ1n) is 8.59. The summed E-state index contributed by atoms with van der Waals surface area (Å²) in [5.74, 6) is 0. The van der Waals surface area contributed by atoms with E-state index in [9.17, 15) is 10.1 Å². The molecule has 7 heteroatoms. The van der Waals surface area contributed by atoms with Gasteiger partial charge in [0.1, 0.15) is 0 Å². The van der Waals surface area contributed by atoms with Crippen LogP contribution in [0.4, 0.5) is 10.7 Å². The van der Waals surface area contributed by atoms with Gasteiger partial charge in [-0.25, -0.2) is 0 Å². The molecule has 0 saturated heterocycles. The van der Waals surface area contributed by atoms with Crippen molar-refractivity contribution in [1.82, 2.24) is 4.98 Å². The fourth-order valence-electron chi connectivity index (χ4n) is 2.91. The predicted octanol–water partition coefficient (Wildman–Crippen LogP) is 6.18. The Bertz CT molecular complexity index is 1120. The lowest BCUT2D eigenvalue weighted by Crippen LogP contribution is -2.05. The molecule has 0 spiro atoms. The molecule has 1 aromatic carbocycles. The summed E-state index contributed by atoms with van der Waals surface area (Å²) in [5.41, 5.74) is 3.25.